The van der Waals surface area contributed by atoms with Gasteiger partial charge in [-0.3, -0.25) is 5.41 Å². The van der Waals surface area contributed by atoms with Crippen LogP contribution >= 0.6 is 0 Å². The number of H-pyrrole nitrogens is 1. The summed E-state index contributed by atoms with van der Waals surface area (Å²) in [6.07, 6.45) is -3.03. The highest BCUT2D eigenvalue weighted by Crippen LogP contribution is 2.34. The van der Waals surface area contributed by atoms with Crippen molar-refractivity contribution in [2.75, 3.05) is 6.61 Å². The van der Waals surface area contributed by atoms with Crippen molar-refractivity contribution in [1.29, 1.82) is 5.41 Å². The Hall–Kier alpha value is -1.84. The van der Waals surface area contributed by atoms with E-state index < -0.39 is 31.1 Å². The maximum Gasteiger partial charge on any atom is 0.173 e. The summed E-state index contributed by atoms with van der Waals surface area (Å²) in [6.45, 7) is -0.476. The number of aromatic nitrogens is 2. The zero-order valence-electron chi connectivity index (χ0n) is 9.82. The van der Waals surface area contributed by atoms with Crippen LogP contribution in [0.15, 0.2) is 11.2 Å². The van der Waals surface area contributed by atoms with Gasteiger partial charge in [-0.2, -0.15) is 0 Å². The van der Waals surface area contributed by atoms with Crippen molar-refractivity contribution >= 4 is 12.2 Å². The molecule has 4 atom stereocenters. The van der Waals surface area contributed by atoms with E-state index in [1.807, 2.05) is 0 Å². The fourth-order valence-corrected chi connectivity index (χ4v) is 1.86. The van der Waals surface area contributed by atoms with Crippen LogP contribution in [-0.2, 0) is 4.74 Å². The van der Waals surface area contributed by atoms with Gasteiger partial charge in [-0.1, -0.05) is 0 Å². The van der Waals surface area contributed by atoms with Crippen molar-refractivity contribution < 1.29 is 19.3 Å². The second-order valence-corrected chi connectivity index (χ2v) is 4.04. The van der Waals surface area contributed by atoms with Crippen LogP contribution in [0.2, 0.25) is 0 Å². The highest BCUT2D eigenvalue weighted by molar-refractivity contribution is 5.98. The lowest BCUT2D eigenvalue weighted by Crippen LogP contribution is -2.30. The van der Waals surface area contributed by atoms with E-state index in [2.05, 4.69) is 15.0 Å². The van der Waals surface area contributed by atoms with Gasteiger partial charge in [-0.15, -0.1) is 0 Å². The van der Waals surface area contributed by atoms with E-state index in [1.54, 1.807) is 0 Å². The largest absolute Gasteiger partial charge is 0.394 e. The maximum atomic E-state index is 13.8. The van der Waals surface area contributed by atoms with Crippen LogP contribution in [0.3, 0.4) is 0 Å². The van der Waals surface area contributed by atoms with Crippen LogP contribution in [-0.4, -0.2) is 57.3 Å². The van der Waals surface area contributed by atoms with Gasteiger partial charge >= 0.3 is 0 Å². The van der Waals surface area contributed by atoms with E-state index in [0.29, 0.717) is 0 Å². The fourth-order valence-electron chi connectivity index (χ4n) is 1.86. The first-order chi connectivity index (χ1) is 9.08. The number of aromatic amines is 1. The lowest BCUT2D eigenvalue weighted by Gasteiger charge is -2.10. The van der Waals surface area contributed by atoms with Crippen LogP contribution in [0, 0.1) is 5.41 Å². The van der Waals surface area contributed by atoms with Gasteiger partial charge in [0.1, 0.15) is 24.7 Å². The van der Waals surface area contributed by atoms with Crippen molar-refractivity contribution in [1.82, 2.24) is 9.97 Å². The maximum absolute atomic E-state index is 13.8. The van der Waals surface area contributed by atoms with Gasteiger partial charge in [0.15, 0.2) is 17.8 Å². The van der Waals surface area contributed by atoms with E-state index in [4.69, 9.17) is 21.0 Å². The topological polar surface area (TPSA) is 141 Å². The number of hydrogen-bond donors (Lipinski definition) is 5. The van der Waals surface area contributed by atoms with Gasteiger partial charge in [0.2, 0.25) is 0 Å². The van der Waals surface area contributed by atoms with E-state index in [0.717, 1.165) is 6.34 Å². The third-order valence-electron chi connectivity index (χ3n) is 2.85. The van der Waals surface area contributed by atoms with Gasteiger partial charge in [0, 0.05) is 0 Å². The minimum Gasteiger partial charge on any atom is -0.394 e. The van der Waals surface area contributed by atoms with Gasteiger partial charge < -0.3 is 25.7 Å². The van der Waals surface area contributed by atoms with E-state index in [9.17, 15) is 9.50 Å². The smallest absolute Gasteiger partial charge is 0.173 e. The highest BCUT2D eigenvalue weighted by atomic mass is 19.1. The molecule has 2 heterocycles. The van der Waals surface area contributed by atoms with Crippen LogP contribution < -0.4 is 5.73 Å². The quantitative estimate of drug-likeness (QED) is 0.347. The summed E-state index contributed by atoms with van der Waals surface area (Å²) >= 11 is 0. The average molecular weight is 271 g/mol. The van der Waals surface area contributed by atoms with Crippen molar-refractivity contribution in [3.8, 4) is 0 Å². The number of halogens is 1. The predicted molar refractivity (Wildman–Crippen MR) is 63.7 cm³/mol. The number of amidine groups is 1. The summed E-state index contributed by atoms with van der Waals surface area (Å²) in [7, 11) is 0. The molecule has 0 unspecified atom stereocenters. The van der Waals surface area contributed by atoms with Crippen molar-refractivity contribution in [2.24, 2.45) is 10.7 Å². The standard InChI is InChI=1S/C10H14FN5O3/c11-6-7(18)5(2-17)19-8(6)4-1-14-10(16-4)9(13)15-3-12/h1,3,5-8,17-18H,2H2,(H,14,16)(H3,12,13,15)/t5-,6-,7-,8+/m1/s1. The first kappa shape index (κ1) is 13.6. The Morgan fingerprint density at radius 2 is 2.47 bits per heavy atom. The molecule has 8 nitrogen and oxygen atoms in total. The number of rotatable bonds is 4. The Labute approximate surface area is 107 Å². The molecule has 0 bridgehead atoms. The SMILES string of the molecule is N=CN=C(N)c1ncc([C@@H]2O[C@H](CO)[C@@H](O)[C@H]2F)[nH]1. The molecule has 0 spiro atoms. The van der Waals surface area contributed by atoms with Crippen molar-refractivity contribution in [3.05, 3.63) is 17.7 Å². The molecule has 2 rings (SSSR count). The molecule has 1 saturated heterocycles. The number of ether oxygens (including phenoxy) is 1. The first-order valence-electron chi connectivity index (χ1n) is 5.54. The van der Waals surface area contributed by atoms with Crippen LogP contribution in [0.1, 0.15) is 17.6 Å². The fraction of sp³-hybridized carbons (Fsp3) is 0.500. The molecule has 0 amide bonds. The van der Waals surface area contributed by atoms with Gasteiger partial charge in [-0.25, -0.2) is 14.4 Å². The number of nitrogens with one attached hydrogen (secondary N) is 2. The number of hydrogen-bond acceptors (Lipinski definition) is 5. The molecule has 104 valence electrons. The van der Waals surface area contributed by atoms with Gasteiger partial charge in [0.25, 0.3) is 0 Å². The molecule has 1 aromatic rings. The second-order valence-electron chi connectivity index (χ2n) is 4.04. The second kappa shape index (κ2) is 5.43. The minimum absolute atomic E-state index is 0.0195. The predicted octanol–water partition coefficient (Wildman–Crippen LogP) is -1.15. The normalized spacial score (nSPS) is 31.6. The van der Waals surface area contributed by atoms with Crippen LogP contribution in [0.4, 0.5) is 4.39 Å². The monoisotopic (exact) mass is 271 g/mol. The summed E-state index contributed by atoms with van der Waals surface area (Å²) in [6, 6.07) is 0. The zero-order chi connectivity index (χ0) is 14.0. The Bertz CT molecular complexity index is 491. The molecular weight excluding hydrogens is 257 g/mol. The molecule has 0 saturated carbocycles. The molecule has 1 aliphatic rings. The van der Waals surface area contributed by atoms with Gasteiger partial charge in [-0.05, 0) is 0 Å². The summed E-state index contributed by atoms with van der Waals surface area (Å²) in [5.74, 6) is 0.158. The van der Waals surface area contributed by atoms with Crippen molar-refractivity contribution in [2.45, 2.75) is 24.5 Å². The first-order valence-corrected chi connectivity index (χ1v) is 5.54. The Morgan fingerprint density at radius 1 is 1.74 bits per heavy atom. The van der Waals surface area contributed by atoms with Crippen molar-refractivity contribution in [3.63, 3.8) is 0 Å². The van der Waals surface area contributed by atoms with E-state index in [-0.39, 0.29) is 17.4 Å². The number of aliphatic imine (C=N–C) groups is 1. The highest BCUT2D eigenvalue weighted by Gasteiger charge is 2.45. The summed E-state index contributed by atoms with van der Waals surface area (Å²) in [5.41, 5.74) is 5.79. The number of aliphatic hydroxyl groups excluding tert-OH is 2. The Balaban J connectivity index is 2.20. The van der Waals surface area contributed by atoms with Crippen LogP contribution in [0.5, 0.6) is 0 Å². The molecule has 0 aliphatic carbocycles. The summed E-state index contributed by atoms with van der Waals surface area (Å²) in [5, 5.41) is 25.2. The van der Waals surface area contributed by atoms with Gasteiger partial charge in [0.05, 0.1) is 18.5 Å². The third-order valence-corrected chi connectivity index (χ3v) is 2.85. The number of imidazole rings is 1. The average Bonchev–Trinajstić information content (AvgIpc) is 2.97. The van der Waals surface area contributed by atoms with E-state index in [1.165, 1.54) is 6.20 Å². The molecule has 0 radical (unpaired) electrons. The third kappa shape index (κ3) is 2.48. The van der Waals surface area contributed by atoms with E-state index >= 15 is 0 Å². The van der Waals surface area contributed by atoms with Crippen LogP contribution in [0.25, 0.3) is 0 Å². The lowest BCUT2D eigenvalue weighted by molar-refractivity contribution is -0.0235. The lowest BCUT2D eigenvalue weighted by atomic mass is 10.1. The Morgan fingerprint density at radius 3 is 3.05 bits per heavy atom. The molecule has 1 aliphatic heterocycles. The molecule has 9 heteroatoms. The summed E-state index contributed by atoms with van der Waals surface area (Å²) in [4.78, 5) is 10.1. The molecule has 6 N–H and O–H groups in total. The number of alkyl halides is 1. The number of nitrogens with zero attached hydrogens (tertiary/aromatic N) is 2. The summed E-state index contributed by atoms with van der Waals surface area (Å²) < 4.78 is 19.0. The molecule has 1 aromatic heterocycles. The number of nitrogens with two attached hydrogens (primary N) is 1. The molecule has 0 aromatic carbocycles. The molecule has 19 heavy (non-hydrogen) atoms. The minimum atomic E-state index is -1.67. The zero-order valence-corrected chi connectivity index (χ0v) is 9.82. The number of aliphatic hydroxyl groups is 2. The molecular formula is C10H14FN5O3. The Kier molecular flexibility index (Phi) is 3.88. The molecule has 1 fully saturated rings.